The van der Waals surface area contributed by atoms with Gasteiger partial charge in [0.1, 0.15) is 0 Å². The predicted octanol–water partition coefficient (Wildman–Crippen LogP) is 3.86. The van der Waals surface area contributed by atoms with Crippen LogP contribution in [0.4, 0.5) is 17.1 Å². The summed E-state index contributed by atoms with van der Waals surface area (Å²) in [4.78, 5) is 11.4. The second-order valence-electron chi connectivity index (χ2n) is 4.23. The molecule has 0 aromatic heterocycles. The SMILES string of the molecule is C=CC(=O)Nc1ccccc1Nc1ccc(C)cc1. The maximum atomic E-state index is 11.4. The number of anilines is 3. The number of hydrogen-bond donors (Lipinski definition) is 2. The van der Waals surface area contributed by atoms with E-state index in [2.05, 4.69) is 17.2 Å². The Hall–Kier alpha value is -2.55. The zero-order valence-electron chi connectivity index (χ0n) is 10.8. The van der Waals surface area contributed by atoms with Crippen molar-refractivity contribution < 1.29 is 4.79 Å². The molecule has 0 aliphatic heterocycles. The molecule has 3 heteroatoms. The van der Waals surface area contributed by atoms with Crippen LogP contribution in [0.1, 0.15) is 5.56 Å². The lowest BCUT2D eigenvalue weighted by Gasteiger charge is -2.12. The van der Waals surface area contributed by atoms with Gasteiger partial charge in [-0.05, 0) is 37.3 Å². The molecule has 0 saturated carbocycles. The first-order valence-corrected chi connectivity index (χ1v) is 6.05. The molecule has 2 rings (SSSR count). The summed E-state index contributed by atoms with van der Waals surface area (Å²) in [6.07, 6.45) is 1.25. The Balaban J connectivity index is 2.22. The van der Waals surface area contributed by atoms with E-state index in [1.54, 1.807) is 0 Å². The summed E-state index contributed by atoms with van der Waals surface area (Å²) in [5, 5.41) is 6.05. The van der Waals surface area contributed by atoms with E-state index in [9.17, 15) is 4.79 Å². The molecule has 2 N–H and O–H groups in total. The van der Waals surface area contributed by atoms with Crippen LogP contribution < -0.4 is 10.6 Å². The Morgan fingerprint density at radius 2 is 1.68 bits per heavy atom. The van der Waals surface area contributed by atoms with Crippen molar-refractivity contribution in [1.29, 1.82) is 0 Å². The molecule has 96 valence electrons. The number of amides is 1. The van der Waals surface area contributed by atoms with Gasteiger partial charge in [0.05, 0.1) is 11.4 Å². The van der Waals surface area contributed by atoms with E-state index in [0.717, 1.165) is 17.1 Å². The first kappa shape index (κ1) is 12.9. The van der Waals surface area contributed by atoms with Crippen LogP contribution in [-0.4, -0.2) is 5.91 Å². The van der Waals surface area contributed by atoms with E-state index in [1.165, 1.54) is 11.6 Å². The lowest BCUT2D eigenvalue weighted by atomic mass is 10.2. The smallest absolute Gasteiger partial charge is 0.247 e. The first-order chi connectivity index (χ1) is 9.19. The first-order valence-electron chi connectivity index (χ1n) is 6.05. The third kappa shape index (κ3) is 3.45. The van der Waals surface area contributed by atoms with Crippen molar-refractivity contribution in [2.75, 3.05) is 10.6 Å². The van der Waals surface area contributed by atoms with E-state index in [-0.39, 0.29) is 5.91 Å². The van der Waals surface area contributed by atoms with Crippen molar-refractivity contribution in [3.05, 3.63) is 66.7 Å². The lowest BCUT2D eigenvalue weighted by Crippen LogP contribution is -2.09. The number of nitrogens with one attached hydrogen (secondary N) is 2. The van der Waals surface area contributed by atoms with Crippen molar-refractivity contribution in [3.8, 4) is 0 Å². The Bertz CT molecular complexity index is 588. The van der Waals surface area contributed by atoms with Gasteiger partial charge in [-0.15, -0.1) is 0 Å². The molecular formula is C16H16N2O. The Morgan fingerprint density at radius 3 is 2.32 bits per heavy atom. The molecule has 2 aromatic rings. The molecule has 0 heterocycles. The van der Waals surface area contributed by atoms with Crippen molar-refractivity contribution in [3.63, 3.8) is 0 Å². The van der Waals surface area contributed by atoms with Gasteiger partial charge in [-0.3, -0.25) is 4.79 Å². The third-order valence-electron chi connectivity index (χ3n) is 2.70. The monoisotopic (exact) mass is 252 g/mol. The molecule has 3 nitrogen and oxygen atoms in total. The van der Waals surface area contributed by atoms with Crippen LogP contribution in [0.25, 0.3) is 0 Å². The summed E-state index contributed by atoms with van der Waals surface area (Å²) in [6, 6.07) is 15.6. The molecule has 0 bridgehead atoms. The second kappa shape index (κ2) is 5.87. The molecule has 0 spiro atoms. The molecule has 0 atom stereocenters. The summed E-state index contributed by atoms with van der Waals surface area (Å²) in [5.41, 5.74) is 3.76. The summed E-state index contributed by atoms with van der Waals surface area (Å²) >= 11 is 0. The third-order valence-corrected chi connectivity index (χ3v) is 2.70. The zero-order valence-corrected chi connectivity index (χ0v) is 10.8. The fourth-order valence-electron chi connectivity index (χ4n) is 1.68. The highest BCUT2D eigenvalue weighted by atomic mass is 16.1. The van der Waals surface area contributed by atoms with E-state index in [1.807, 2.05) is 55.5 Å². The van der Waals surface area contributed by atoms with Gasteiger partial charge in [0.15, 0.2) is 0 Å². The highest BCUT2D eigenvalue weighted by molar-refractivity contribution is 6.01. The number of rotatable bonds is 4. The second-order valence-corrected chi connectivity index (χ2v) is 4.23. The summed E-state index contributed by atoms with van der Waals surface area (Å²) in [5.74, 6) is -0.224. The Labute approximate surface area is 113 Å². The van der Waals surface area contributed by atoms with Gasteiger partial charge >= 0.3 is 0 Å². The number of benzene rings is 2. The molecule has 0 fully saturated rings. The average molecular weight is 252 g/mol. The van der Waals surface area contributed by atoms with Crippen LogP contribution in [0.2, 0.25) is 0 Å². The molecule has 19 heavy (non-hydrogen) atoms. The maximum Gasteiger partial charge on any atom is 0.247 e. The minimum absolute atomic E-state index is 0.224. The maximum absolute atomic E-state index is 11.4. The fourth-order valence-corrected chi connectivity index (χ4v) is 1.68. The van der Waals surface area contributed by atoms with Gasteiger partial charge in [-0.25, -0.2) is 0 Å². The predicted molar refractivity (Wildman–Crippen MR) is 79.7 cm³/mol. The Kier molecular flexibility index (Phi) is 3.98. The molecule has 1 amide bonds. The zero-order chi connectivity index (χ0) is 13.7. The van der Waals surface area contributed by atoms with Gasteiger partial charge in [-0.1, -0.05) is 36.4 Å². The molecule has 0 aliphatic carbocycles. The number of para-hydroxylation sites is 2. The van der Waals surface area contributed by atoms with Gasteiger partial charge < -0.3 is 10.6 Å². The molecular weight excluding hydrogens is 236 g/mol. The summed E-state index contributed by atoms with van der Waals surface area (Å²) in [7, 11) is 0. The quantitative estimate of drug-likeness (QED) is 0.811. The largest absolute Gasteiger partial charge is 0.354 e. The topological polar surface area (TPSA) is 41.1 Å². The molecule has 0 aliphatic rings. The van der Waals surface area contributed by atoms with Crippen LogP contribution in [0.5, 0.6) is 0 Å². The van der Waals surface area contributed by atoms with Crippen LogP contribution >= 0.6 is 0 Å². The summed E-state index contributed by atoms with van der Waals surface area (Å²) < 4.78 is 0. The van der Waals surface area contributed by atoms with Crippen molar-refractivity contribution >= 4 is 23.0 Å². The van der Waals surface area contributed by atoms with E-state index < -0.39 is 0 Å². The minimum Gasteiger partial charge on any atom is -0.354 e. The number of carbonyl (C=O) groups excluding carboxylic acids is 1. The summed E-state index contributed by atoms with van der Waals surface area (Å²) in [6.45, 7) is 5.49. The standard InChI is InChI=1S/C16H16N2O/c1-3-16(19)18-15-7-5-4-6-14(15)17-13-10-8-12(2)9-11-13/h3-11,17H,1H2,2H3,(H,18,19). The average Bonchev–Trinajstić information content (AvgIpc) is 2.43. The van der Waals surface area contributed by atoms with Crippen molar-refractivity contribution in [1.82, 2.24) is 0 Å². The van der Waals surface area contributed by atoms with Crippen LogP contribution in [0.3, 0.4) is 0 Å². The van der Waals surface area contributed by atoms with E-state index >= 15 is 0 Å². The van der Waals surface area contributed by atoms with Crippen LogP contribution in [0.15, 0.2) is 61.2 Å². The molecule has 0 radical (unpaired) electrons. The van der Waals surface area contributed by atoms with Crippen LogP contribution in [-0.2, 0) is 4.79 Å². The van der Waals surface area contributed by atoms with Crippen molar-refractivity contribution in [2.45, 2.75) is 6.92 Å². The normalized spacial score (nSPS) is 9.74. The number of carbonyl (C=O) groups is 1. The van der Waals surface area contributed by atoms with Crippen molar-refractivity contribution in [2.24, 2.45) is 0 Å². The lowest BCUT2D eigenvalue weighted by molar-refractivity contribution is -0.111. The van der Waals surface area contributed by atoms with E-state index in [4.69, 9.17) is 0 Å². The minimum atomic E-state index is -0.224. The molecule has 0 saturated heterocycles. The highest BCUT2D eigenvalue weighted by Gasteiger charge is 2.04. The van der Waals surface area contributed by atoms with Gasteiger partial charge in [0, 0.05) is 5.69 Å². The van der Waals surface area contributed by atoms with Gasteiger partial charge in [0.2, 0.25) is 5.91 Å². The molecule has 0 unspecified atom stereocenters. The van der Waals surface area contributed by atoms with Crippen LogP contribution in [0, 0.1) is 6.92 Å². The van der Waals surface area contributed by atoms with Gasteiger partial charge in [0.25, 0.3) is 0 Å². The number of aryl methyl sites for hydroxylation is 1. The molecule has 2 aromatic carbocycles. The number of hydrogen-bond acceptors (Lipinski definition) is 2. The Morgan fingerprint density at radius 1 is 1.05 bits per heavy atom. The highest BCUT2D eigenvalue weighted by Crippen LogP contribution is 2.25. The van der Waals surface area contributed by atoms with Gasteiger partial charge in [-0.2, -0.15) is 0 Å². The fraction of sp³-hybridized carbons (Fsp3) is 0.0625. The van der Waals surface area contributed by atoms with E-state index in [0.29, 0.717) is 0 Å².